The van der Waals surface area contributed by atoms with E-state index in [0.717, 1.165) is 19.6 Å². The smallest absolute Gasteiger partial charge is 0.325 e. The molecule has 0 saturated carbocycles. The van der Waals surface area contributed by atoms with E-state index in [1.54, 1.807) is 0 Å². The number of likely N-dealkylation sites (tertiary alicyclic amines) is 1. The molecule has 2 rings (SSSR count). The third-order valence-electron chi connectivity index (χ3n) is 3.59. The van der Waals surface area contributed by atoms with Crippen molar-refractivity contribution in [1.29, 1.82) is 0 Å². The number of esters is 1. The number of halogens is 1. The van der Waals surface area contributed by atoms with Gasteiger partial charge in [-0.15, -0.1) is 12.4 Å². The van der Waals surface area contributed by atoms with Crippen molar-refractivity contribution < 1.29 is 9.53 Å². The molecule has 1 aliphatic rings. The van der Waals surface area contributed by atoms with E-state index in [2.05, 4.69) is 17.0 Å². The second-order valence-electron chi connectivity index (χ2n) is 4.91. The summed E-state index contributed by atoms with van der Waals surface area (Å²) in [7, 11) is 1.40. The fourth-order valence-corrected chi connectivity index (χ4v) is 2.36. The van der Waals surface area contributed by atoms with Crippen molar-refractivity contribution in [2.75, 3.05) is 20.2 Å². The van der Waals surface area contributed by atoms with Gasteiger partial charge in [-0.05, 0) is 18.4 Å². The maximum absolute atomic E-state index is 11.6. The maximum Gasteiger partial charge on any atom is 0.325 e. The highest BCUT2D eigenvalue weighted by Crippen LogP contribution is 2.22. The van der Waals surface area contributed by atoms with Gasteiger partial charge in [-0.1, -0.05) is 30.3 Å². The van der Waals surface area contributed by atoms with Crippen LogP contribution in [0.25, 0.3) is 0 Å². The number of carbonyl (C=O) groups excluding carboxylic acids is 1. The number of rotatable bonds is 3. The molecular formula is C14H21ClN2O2. The van der Waals surface area contributed by atoms with Crippen molar-refractivity contribution in [2.24, 2.45) is 5.73 Å². The zero-order chi connectivity index (χ0) is 13.0. The molecule has 4 nitrogen and oxygen atoms in total. The molecule has 0 unspecified atom stereocenters. The molecule has 1 heterocycles. The number of benzene rings is 1. The van der Waals surface area contributed by atoms with Gasteiger partial charge in [-0.2, -0.15) is 0 Å². The number of nitrogens with two attached hydrogens (primary N) is 1. The summed E-state index contributed by atoms with van der Waals surface area (Å²) in [5.41, 5.74) is 6.57. The van der Waals surface area contributed by atoms with E-state index in [0.29, 0.717) is 12.8 Å². The SMILES string of the molecule is COC(=O)C1(N)CCN(Cc2ccccc2)CC1.Cl. The van der Waals surface area contributed by atoms with Crippen LogP contribution in [0.15, 0.2) is 30.3 Å². The van der Waals surface area contributed by atoms with Crippen molar-refractivity contribution in [3.63, 3.8) is 0 Å². The topological polar surface area (TPSA) is 55.6 Å². The first kappa shape index (κ1) is 16.0. The highest BCUT2D eigenvalue weighted by Gasteiger charge is 2.38. The van der Waals surface area contributed by atoms with Crippen LogP contribution in [0.1, 0.15) is 18.4 Å². The summed E-state index contributed by atoms with van der Waals surface area (Å²) in [5, 5.41) is 0. The molecule has 0 radical (unpaired) electrons. The van der Waals surface area contributed by atoms with Crippen LogP contribution in [0.2, 0.25) is 0 Å². The zero-order valence-electron chi connectivity index (χ0n) is 11.2. The van der Waals surface area contributed by atoms with Gasteiger partial charge in [-0.25, -0.2) is 0 Å². The Morgan fingerprint density at radius 3 is 2.42 bits per heavy atom. The van der Waals surface area contributed by atoms with Crippen LogP contribution in [0.4, 0.5) is 0 Å². The van der Waals surface area contributed by atoms with Crippen molar-refractivity contribution in [3.05, 3.63) is 35.9 Å². The molecule has 1 fully saturated rings. The van der Waals surface area contributed by atoms with E-state index in [1.165, 1.54) is 12.7 Å². The Morgan fingerprint density at radius 1 is 1.32 bits per heavy atom. The van der Waals surface area contributed by atoms with Crippen molar-refractivity contribution in [2.45, 2.75) is 24.9 Å². The Kier molecular flexibility index (Phi) is 5.79. The van der Waals surface area contributed by atoms with E-state index in [1.807, 2.05) is 18.2 Å². The number of hydrogen-bond donors (Lipinski definition) is 1. The minimum atomic E-state index is -0.790. The predicted molar refractivity (Wildman–Crippen MR) is 77.1 cm³/mol. The molecular weight excluding hydrogens is 264 g/mol. The lowest BCUT2D eigenvalue weighted by Crippen LogP contribution is -2.55. The summed E-state index contributed by atoms with van der Waals surface area (Å²) in [6.07, 6.45) is 1.32. The van der Waals surface area contributed by atoms with Crippen molar-refractivity contribution in [1.82, 2.24) is 4.90 Å². The molecule has 106 valence electrons. The van der Waals surface area contributed by atoms with Crippen LogP contribution in [0.3, 0.4) is 0 Å². The molecule has 5 heteroatoms. The zero-order valence-corrected chi connectivity index (χ0v) is 12.0. The number of nitrogens with zero attached hydrogens (tertiary/aromatic N) is 1. The van der Waals surface area contributed by atoms with Gasteiger partial charge < -0.3 is 10.5 Å². The highest BCUT2D eigenvalue weighted by molar-refractivity contribution is 5.85. The normalized spacial score (nSPS) is 18.4. The summed E-state index contributed by atoms with van der Waals surface area (Å²) in [5.74, 6) is -0.290. The second-order valence-corrected chi connectivity index (χ2v) is 4.91. The lowest BCUT2D eigenvalue weighted by Gasteiger charge is -2.37. The monoisotopic (exact) mass is 284 g/mol. The Bertz CT molecular complexity index is 403. The van der Waals surface area contributed by atoms with Gasteiger partial charge in [0.2, 0.25) is 0 Å². The molecule has 1 aromatic rings. The van der Waals surface area contributed by atoms with Crippen LogP contribution in [-0.4, -0.2) is 36.6 Å². The maximum atomic E-state index is 11.6. The van der Waals surface area contributed by atoms with Gasteiger partial charge in [0.1, 0.15) is 5.54 Å². The van der Waals surface area contributed by atoms with E-state index >= 15 is 0 Å². The third-order valence-corrected chi connectivity index (χ3v) is 3.59. The molecule has 1 aromatic carbocycles. The average molecular weight is 285 g/mol. The van der Waals surface area contributed by atoms with Gasteiger partial charge >= 0.3 is 5.97 Å². The van der Waals surface area contributed by atoms with Crippen LogP contribution >= 0.6 is 12.4 Å². The van der Waals surface area contributed by atoms with Gasteiger partial charge in [-0.3, -0.25) is 9.69 Å². The minimum Gasteiger partial charge on any atom is -0.468 e. The highest BCUT2D eigenvalue weighted by atomic mass is 35.5. The molecule has 0 atom stereocenters. The Balaban J connectivity index is 0.00000180. The molecule has 0 amide bonds. The summed E-state index contributed by atoms with van der Waals surface area (Å²) in [4.78, 5) is 13.9. The van der Waals surface area contributed by atoms with Crippen molar-refractivity contribution in [3.8, 4) is 0 Å². The van der Waals surface area contributed by atoms with E-state index < -0.39 is 5.54 Å². The van der Waals surface area contributed by atoms with E-state index in [-0.39, 0.29) is 18.4 Å². The van der Waals surface area contributed by atoms with Gasteiger partial charge in [0.15, 0.2) is 0 Å². The largest absolute Gasteiger partial charge is 0.468 e. The summed E-state index contributed by atoms with van der Waals surface area (Å²) >= 11 is 0. The number of hydrogen-bond acceptors (Lipinski definition) is 4. The summed E-state index contributed by atoms with van der Waals surface area (Å²) < 4.78 is 4.76. The van der Waals surface area contributed by atoms with Crippen LogP contribution in [0, 0.1) is 0 Å². The first-order valence-electron chi connectivity index (χ1n) is 6.28. The van der Waals surface area contributed by atoms with Gasteiger partial charge in [0.05, 0.1) is 7.11 Å². The lowest BCUT2D eigenvalue weighted by atomic mass is 9.88. The molecule has 2 N–H and O–H groups in total. The second kappa shape index (κ2) is 6.89. The van der Waals surface area contributed by atoms with Gasteiger partial charge in [0.25, 0.3) is 0 Å². The molecule has 1 saturated heterocycles. The quantitative estimate of drug-likeness (QED) is 0.856. The van der Waals surface area contributed by atoms with E-state index in [4.69, 9.17) is 10.5 Å². The molecule has 19 heavy (non-hydrogen) atoms. The number of ether oxygens (including phenoxy) is 1. The van der Waals surface area contributed by atoms with Gasteiger partial charge in [0, 0.05) is 19.6 Å². The Hall–Kier alpha value is -1.10. The standard InChI is InChI=1S/C14H20N2O2.ClH/c1-18-13(17)14(15)7-9-16(10-8-14)11-12-5-3-2-4-6-12;/h2-6H,7-11,15H2,1H3;1H. The Morgan fingerprint density at radius 2 is 1.89 bits per heavy atom. The Labute approximate surface area is 120 Å². The number of piperidine rings is 1. The summed E-state index contributed by atoms with van der Waals surface area (Å²) in [6, 6.07) is 10.3. The molecule has 0 spiro atoms. The lowest BCUT2D eigenvalue weighted by molar-refractivity contribution is -0.149. The van der Waals surface area contributed by atoms with Crippen molar-refractivity contribution >= 4 is 18.4 Å². The molecule has 0 bridgehead atoms. The van der Waals surface area contributed by atoms with E-state index in [9.17, 15) is 4.79 Å². The molecule has 0 aromatic heterocycles. The first-order valence-corrected chi connectivity index (χ1v) is 6.28. The molecule has 1 aliphatic heterocycles. The molecule has 0 aliphatic carbocycles. The fraction of sp³-hybridized carbons (Fsp3) is 0.500. The first-order chi connectivity index (χ1) is 8.64. The number of carbonyl (C=O) groups is 1. The minimum absolute atomic E-state index is 0. The average Bonchev–Trinajstić information content (AvgIpc) is 2.42. The number of methoxy groups -OCH3 is 1. The van der Waals surface area contributed by atoms with Crippen LogP contribution in [0.5, 0.6) is 0 Å². The predicted octanol–water partition coefficient (Wildman–Crippen LogP) is 1.57. The summed E-state index contributed by atoms with van der Waals surface area (Å²) in [6.45, 7) is 2.58. The fourth-order valence-electron chi connectivity index (χ4n) is 2.36. The van der Waals surface area contributed by atoms with Crippen LogP contribution in [-0.2, 0) is 16.1 Å². The van der Waals surface area contributed by atoms with Crippen LogP contribution < -0.4 is 5.73 Å². The third kappa shape index (κ3) is 3.93.